The molecule has 29 heavy (non-hydrogen) atoms. The van der Waals surface area contributed by atoms with Crippen molar-refractivity contribution in [1.29, 1.82) is 0 Å². The predicted octanol–water partition coefficient (Wildman–Crippen LogP) is 2.92. The zero-order valence-electron chi connectivity index (χ0n) is 16.9. The summed E-state index contributed by atoms with van der Waals surface area (Å²) in [5.41, 5.74) is 2.43. The minimum atomic E-state index is -0.286. The van der Waals surface area contributed by atoms with E-state index in [9.17, 15) is 4.79 Å². The number of nitrogens with zero attached hydrogens (tertiary/aromatic N) is 3. The van der Waals surface area contributed by atoms with Crippen LogP contribution in [0.5, 0.6) is 17.2 Å². The number of amides is 1. The van der Waals surface area contributed by atoms with Gasteiger partial charge in [-0.25, -0.2) is 4.68 Å². The number of carbonyl (C=O) groups excluding carboxylic acids is 1. The van der Waals surface area contributed by atoms with Gasteiger partial charge in [0.15, 0.2) is 5.69 Å². The fourth-order valence-electron chi connectivity index (χ4n) is 2.93. The van der Waals surface area contributed by atoms with Gasteiger partial charge >= 0.3 is 0 Å². The lowest BCUT2D eigenvalue weighted by Crippen LogP contribution is -2.26. The normalized spacial score (nSPS) is 10.5. The Morgan fingerprint density at radius 3 is 2.45 bits per heavy atom. The number of nitrogens with one attached hydrogen (secondary N) is 1. The Kier molecular flexibility index (Phi) is 6.33. The van der Waals surface area contributed by atoms with Crippen molar-refractivity contribution in [1.82, 2.24) is 20.3 Å². The molecule has 0 unspecified atom stereocenters. The summed E-state index contributed by atoms with van der Waals surface area (Å²) in [6.45, 7) is 4.53. The molecule has 0 aliphatic carbocycles. The second kappa shape index (κ2) is 9.09. The van der Waals surface area contributed by atoms with Crippen LogP contribution in [0.2, 0.25) is 0 Å². The molecule has 0 spiro atoms. The molecule has 0 saturated heterocycles. The topological polar surface area (TPSA) is 87.5 Å². The van der Waals surface area contributed by atoms with E-state index in [0.29, 0.717) is 29.5 Å². The van der Waals surface area contributed by atoms with Crippen LogP contribution in [-0.2, 0) is 6.54 Å². The molecule has 152 valence electrons. The molecule has 0 bridgehead atoms. The van der Waals surface area contributed by atoms with Gasteiger partial charge in [-0.15, -0.1) is 5.10 Å². The quantitative estimate of drug-likeness (QED) is 0.630. The Bertz CT molecular complexity index is 983. The van der Waals surface area contributed by atoms with E-state index in [1.807, 2.05) is 37.3 Å². The molecule has 0 fully saturated rings. The molecule has 3 aromatic rings. The summed E-state index contributed by atoms with van der Waals surface area (Å²) in [6, 6.07) is 12.8. The van der Waals surface area contributed by atoms with Gasteiger partial charge in [-0.2, -0.15) is 0 Å². The fourth-order valence-corrected chi connectivity index (χ4v) is 2.93. The van der Waals surface area contributed by atoms with Crippen LogP contribution in [0.15, 0.2) is 42.5 Å². The number of aryl methyl sites for hydroxylation is 1. The Labute approximate surface area is 169 Å². The van der Waals surface area contributed by atoms with Gasteiger partial charge in [0.25, 0.3) is 5.91 Å². The average Bonchev–Trinajstić information content (AvgIpc) is 3.14. The number of methoxy groups -OCH3 is 2. The van der Waals surface area contributed by atoms with E-state index in [1.165, 1.54) is 4.68 Å². The maximum atomic E-state index is 12.9. The summed E-state index contributed by atoms with van der Waals surface area (Å²) >= 11 is 0. The first kappa shape index (κ1) is 20.2. The minimum absolute atomic E-state index is 0.271. The molecule has 0 saturated carbocycles. The molecule has 8 heteroatoms. The van der Waals surface area contributed by atoms with Crippen molar-refractivity contribution in [2.24, 2.45) is 0 Å². The maximum absolute atomic E-state index is 12.9. The van der Waals surface area contributed by atoms with Gasteiger partial charge in [-0.3, -0.25) is 4.79 Å². The van der Waals surface area contributed by atoms with Crippen LogP contribution < -0.4 is 19.5 Å². The summed E-state index contributed by atoms with van der Waals surface area (Å²) in [4.78, 5) is 12.9. The average molecular weight is 396 g/mol. The number of ether oxygens (including phenoxy) is 3. The van der Waals surface area contributed by atoms with Crippen LogP contribution in [0.25, 0.3) is 5.69 Å². The third kappa shape index (κ3) is 4.48. The lowest BCUT2D eigenvalue weighted by Gasteiger charge is -2.12. The highest BCUT2D eigenvalue weighted by molar-refractivity contribution is 5.94. The molecule has 0 atom stereocenters. The molecular formula is C21H24N4O4. The summed E-state index contributed by atoms with van der Waals surface area (Å²) in [6.07, 6.45) is 0. The van der Waals surface area contributed by atoms with E-state index in [0.717, 1.165) is 17.0 Å². The van der Waals surface area contributed by atoms with Crippen LogP contribution in [-0.4, -0.2) is 41.7 Å². The Balaban J connectivity index is 1.81. The van der Waals surface area contributed by atoms with Crippen LogP contribution in [0, 0.1) is 6.92 Å². The molecule has 2 aromatic carbocycles. The van der Waals surface area contributed by atoms with Crippen LogP contribution in [0.4, 0.5) is 0 Å². The van der Waals surface area contributed by atoms with Gasteiger partial charge in [0.1, 0.15) is 17.2 Å². The van der Waals surface area contributed by atoms with Crippen LogP contribution >= 0.6 is 0 Å². The van der Waals surface area contributed by atoms with Gasteiger partial charge in [0.05, 0.1) is 32.2 Å². The lowest BCUT2D eigenvalue weighted by molar-refractivity contribution is 0.0942. The molecule has 0 aliphatic heterocycles. The van der Waals surface area contributed by atoms with E-state index in [2.05, 4.69) is 15.6 Å². The first-order valence-corrected chi connectivity index (χ1v) is 9.22. The summed E-state index contributed by atoms with van der Waals surface area (Å²) < 4.78 is 17.6. The van der Waals surface area contributed by atoms with Gasteiger partial charge in [-0.1, -0.05) is 5.21 Å². The predicted molar refractivity (Wildman–Crippen MR) is 108 cm³/mol. The third-order valence-electron chi connectivity index (χ3n) is 4.37. The molecule has 1 heterocycles. The highest BCUT2D eigenvalue weighted by Crippen LogP contribution is 2.24. The van der Waals surface area contributed by atoms with E-state index in [4.69, 9.17) is 14.2 Å². The van der Waals surface area contributed by atoms with Crippen molar-refractivity contribution in [2.75, 3.05) is 20.8 Å². The van der Waals surface area contributed by atoms with Crippen molar-refractivity contribution in [2.45, 2.75) is 20.4 Å². The minimum Gasteiger partial charge on any atom is -0.497 e. The second-order valence-electron chi connectivity index (χ2n) is 6.22. The monoisotopic (exact) mass is 396 g/mol. The molecule has 3 rings (SSSR count). The number of hydrogen-bond acceptors (Lipinski definition) is 6. The van der Waals surface area contributed by atoms with Gasteiger partial charge in [-0.05, 0) is 56.3 Å². The van der Waals surface area contributed by atoms with Crippen LogP contribution in [0.1, 0.15) is 28.7 Å². The standard InChI is InChI=1S/C21H24N4O4/c1-5-29-17-8-6-16(7-9-17)25-20(14(2)23-24-25)21(26)22-13-15-12-18(27-3)10-11-19(15)28-4/h6-12H,5,13H2,1-4H3,(H,22,26). The largest absolute Gasteiger partial charge is 0.497 e. The smallest absolute Gasteiger partial charge is 0.272 e. The zero-order valence-corrected chi connectivity index (χ0v) is 16.9. The van der Waals surface area contributed by atoms with E-state index < -0.39 is 0 Å². The molecule has 1 amide bonds. The first-order chi connectivity index (χ1) is 14.1. The fraction of sp³-hybridized carbons (Fsp3) is 0.286. The highest BCUT2D eigenvalue weighted by atomic mass is 16.5. The molecule has 0 radical (unpaired) electrons. The lowest BCUT2D eigenvalue weighted by atomic mass is 10.2. The van der Waals surface area contributed by atoms with Gasteiger partial charge < -0.3 is 19.5 Å². The van der Waals surface area contributed by atoms with E-state index in [1.54, 1.807) is 33.3 Å². The Hall–Kier alpha value is -3.55. The number of benzene rings is 2. The maximum Gasteiger partial charge on any atom is 0.272 e. The highest BCUT2D eigenvalue weighted by Gasteiger charge is 2.19. The second-order valence-corrected chi connectivity index (χ2v) is 6.22. The van der Waals surface area contributed by atoms with E-state index >= 15 is 0 Å². The van der Waals surface area contributed by atoms with Crippen molar-refractivity contribution < 1.29 is 19.0 Å². The number of aromatic nitrogens is 3. The van der Waals surface area contributed by atoms with Gasteiger partial charge in [0, 0.05) is 12.1 Å². The SMILES string of the molecule is CCOc1ccc(-n2nnc(C)c2C(=O)NCc2cc(OC)ccc2OC)cc1. The van der Waals surface area contributed by atoms with Gasteiger partial charge in [0.2, 0.25) is 0 Å². The molecule has 1 N–H and O–H groups in total. The summed E-state index contributed by atoms with van der Waals surface area (Å²) in [7, 11) is 3.18. The van der Waals surface area contributed by atoms with E-state index in [-0.39, 0.29) is 12.5 Å². The molecule has 0 aliphatic rings. The van der Waals surface area contributed by atoms with Crippen molar-refractivity contribution in [3.05, 3.63) is 59.4 Å². The number of carbonyl (C=O) groups is 1. The summed E-state index contributed by atoms with van der Waals surface area (Å²) in [5.74, 6) is 1.82. The zero-order chi connectivity index (χ0) is 20.8. The molecule has 8 nitrogen and oxygen atoms in total. The van der Waals surface area contributed by atoms with Crippen molar-refractivity contribution in [3.63, 3.8) is 0 Å². The number of hydrogen-bond donors (Lipinski definition) is 1. The Morgan fingerprint density at radius 2 is 1.79 bits per heavy atom. The molecular weight excluding hydrogens is 372 g/mol. The summed E-state index contributed by atoms with van der Waals surface area (Å²) in [5, 5.41) is 11.1. The van der Waals surface area contributed by atoms with Crippen molar-refractivity contribution >= 4 is 5.91 Å². The third-order valence-corrected chi connectivity index (χ3v) is 4.37. The first-order valence-electron chi connectivity index (χ1n) is 9.22. The van der Waals surface area contributed by atoms with Crippen LogP contribution in [0.3, 0.4) is 0 Å². The molecule has 1 aromatic heterocycles. The van der Waals surface area contributed by atoms with Crippen molar-refractivity contribution in [3.8, 4) is 22.9 Å². The number of rotatable bonds is 8. The Morgan fingerprint density at radius 1 is 1.07 bits per heavy atom.